The highest BCUT2D eigenvalue weighted by molar-refractivity contribution is 5.58. The lowest BCUT2D eigenvalue weighted by molar-refractivity contribution is 0.478. The fraction of sp³-hybridized carbons (Fsp3) is 0.429. The third-order valence-electron chi connectivity index (χ3n) is 2.79. The molecule has 3 heteroatoms. The molecule has 0 N–H and O–H groups in total. The molecule has 0 atom stereocenters. The first-order chi connectivity index (χ1) is 8.15. The van der Waals surface area contributed by atoms with Crippen LogP contribution in [0.1, 0.15) is 25.8 Å². The molecule has 0 fully saturated rings. The summed E-state index contributed by atoms with van der Waals surface area (Å²) >= 11 is 0. The van der Waals surface area contributed by atoms with Crippen molar-refractivity contribution in [3.63, 3.8) is 0 Å². The lowest BCUT2D eigenvalue weighted by Gasteiger charge is -2.02. The van der Waals surface area contributed by atoms with E-state index >= 15 is 0 Å². The van der Waals surface area contributed by atoms with Gasteiger partial charge < -0.3 is 0 Å². The van der Waals surface area contributed by atoms with Gasteiger partial charge in [-0.15, -0.1) is 5.10 Å². The average molecular weight is 229 g/mol. The highest BCUT2D eigenvalue weighted by atomic mass is 15.4. The molecule has 90 valence electrons. The molecule has 1 heterocycles. The van der Waals surface area contributed by atoms with E-state index in [0.29, 0.717) is 5.92 Å². The monoisotopic (exact) mass is 229 g/mol. The predicted molar refractivity (Wildman–Crippen MR) is 69.7 cm³/mol. The molecule has 0 radical (unpaired) electrons. The van der Waals surface area contributed by atoms with Crippen LogP contribution in [0, 0.1) is 12.8 Å². The van der Waals surface area contributed by atoms with Crippen molar-refractivity contribution in [2.24, 2.45) is 5.92 Å². The highest BCUT2D eigenvalue weighted by Crippen LogP contribution is 2.17. The van der Waals surface area contributed by atoms with E-state index in [2.05, 4.69) is 55.3 Å². The lowest BCUT2D eigenvalue weighted by atomic mass is 10.1. The van der Waals surface area contributed by atoms with E-state index in [9.17, 15) is 0 Å². The summed E-state index contributed by atoms with van der Waals surface area (Å²) in [6, 6.07) is 8.35. The third-order valence-corrected chi connectivity index (χ3v) is 2.79. The maximum Gasteiger partial charge on any atom is 0.113 e. The van der Waals surface area contributed by atoms with Crippen molar-refractivity contribution in [1.82, 2.24) is 15.0 Å². The summed E-state index contributed by atoms with van der Waals surface area (Å²) in [5.41, 5.74) is 3.34. The summed E-state index contributed by atoms with van der Waals surface area (Å²) in [4.78, 5) is 0. The summed E-state index contributed by atoms with van der Waals surface area (Å²) in [6.45, 7) is 7.47. The predicted octanol–water partition coefficient (Wildman–Crippen LogP) is 3.30. The molecule has 0 saturated heterocycles. The van der Waals surface area contributed by atoms with Crippen LogP contribution in [0.15, 0.2) is 30.5 Å². The summed E-state index contributed by atoms with van der Waals surface area (Å²) in [7, 11) is 0. The molecular weight excluding hydrogens is 210 g/mol. The number of benzene rings is 1. The second-order valence-corrected chi connectivity index (χ2v) is 4.92. The second-order valence-electron chi connectivity index (χ2n) is 4.92. The first kappa shape index (κ1) is 11.8. The Morgan fingerprint density at radius 3 is 2.82 bits per heavy atom. The molecule has 3 nitrogen and oxygen atoms in total. The highest BCUT2D eigenvalue weighted by Gasteiger charge is 2.04. The average Bonchev–Trinajstić information content (AvgIpc) is 2.75. The minimum Gasteiger partial charge on any atom is -0.252 e. The van der Waals surface area contributed by atoms with Gasteiger partial charge >= 0.3 is 0 Å². The van der Waals surface area contributed by atoms with Crippen LogP contribution in [0.25, 0.3) is 11.3 Å². The van der Waals surface area contributed by atoms with Crippen molar-refractivity contribution in [2.75, 3.05) is 0 Å². The van der Waals surface area contributed by atoms with Crippen molar-refractivity contribution in [2.45, 2.75) is 33.7 Å². The number of aromatic nitrogens is 3. The standard InChI is InChI=1S/C14H19N3/c1-11(2)7-8-17-10-14(15-16-17)13-6-4-5-12(3)9-13/h4-6,9-11H,7-8H2,1-3H3. The van der Waals surface area contributed by atoms with Gasteiger partial charge in [0.1, 0.15) is 5.69 Å². The lowest BCUT2D eigenvalue weighted by Crippen LogP contribution is -2.01. The Morgan fingerprint density at radius 2 is 2.12 bits per heavy atom. The molecule has 2 aromatic rings. The zero-order valence-corrected chi connectivity index (χ0v) is 10.7. The Labute approximate surface area is 102 Å². The van der Waals surface area contributed by atoms with Gasteiger partial charge in [0.25, 0.3) is 0 Å². The Balaban J connectivity index is 2.12. The Hall–Kier alpha value is -1.64. The van der Waals surface area contributed by atoms with Crippen molar-refractivity contribution < 1.29 is 0 Å². The molecule has 0 saturated carbocycles. The van der Waals surface area contributed by atoms with E-state index in [1.165, 1.54) is 5.56 Å². The molecule has 17 heavy (non-hydrogen) atoms. The van der Waals surface area contributed by atoms with E-state index in [4.69, 9.17) is 0 Å². The SMILES string of the molecule is Cc1cccc(-c2cn(CCC(C)C)nn2)c1. The third kappa shape index (κ3) is 3.16. The van der Waals surface area contributed by atoms with Crippen molar-refractivity contribution >= 4 is 0 Å². The van der Waals surface area contributed by atoms with Gasteiger partial charge in [0.15, 0.2) is 0 Å². The molecule has 0 spiro atoms. The fourth-order valence-electron chi connectivity index (χ4n) is 1.73. The van der Waals surface area contributed by atoms with E-state index in [1.54, 1.807) is 0 Å². The Morgan fingerprint density at radius 1 is 1.29 bits per heavy atom. The van der Waals surface area contributed by atoms with Crippen molar-refractivity contribution in [3.8, 4) is 11.3 Å². The number of hydrogen-bond acceptors (Lipinski definition) is 2. The molecule has 0 aliphatic rings. The zero-order valence-electron chi connectivity index (χ0n) is 10.7. The minimum absolute atomic E-state index is 0.696. The maximum atomic E-state index is 4.22. The summed E-state index contributed by atoms with van der Waals surface area (Å²) in [6.07, 6.45) is 3.16. The number of rotatable bonds is 4. The van der Waals surface area contributed by atoms with Gasteiger partial charge in [0, 0.05) is 12.1 Å². The topological polar surface area (TPSA) is 30.7 Å². The number of aryl methyl sites for hydroxylation is 2. The first-order valence-corrected chi connectivity index (χ1v) is 6.12. The maximum absolute atomic E-state index is 4.22. The number of nitrogens with zero attached hydrogens (tertiary/aromatic N) is 3. The van der Waals surface area contributed by atoms with E-state index in [-0.39, 0.29) is 0 Å². The van der Waals surface area contributed by atoms with Crippen LogP contribution in [-0.4, -0.2) is 15.0 Å². The second kappa shape index (κ2) is 5.13. The molecule has 0 unspecified atom stereocenters. The van der Waals surface area contributed by atoms with Crippen molar-refractivity contribution in [3.05, 3.63) is 36.0 Å². The molecular formula is C14H19N3. The summed E-state index contributed by atoms with van der Waals surface area (Å²) < 4.78 is 1.93. The van der Waals surface area contributed by atoms with Gasteiger partial charge in [0.2, 0.25) is 0 Å². The molecule has 0 bridgehead atoms. The van der Waals surface area contributed by atoms with Gasteiger partial charge in [-0.05, 0) is 25.3 Å². The molecule has 0 aliphatic heterocycles. The fourth-order valence-corrected chi connectivity index (χ4v) is 1.73. The van der Waals surface area contributed by atoms with Gasteiger partial charge in [0.05, 0.1) is 6.20 Å². The van der Waals surface area contributed by atoms with Crippen LogP contribution >= 0.6 is 0 Å². The Bertz CT molecular complexity index is 486. The largest absolute Gasteiger partial charge is 0.252 e. The number of hydrogen-bond donors (Lipinski definition) is 0. The van der Waals surface area contributed by atoms with Gasteiger partial charge in [-0.25, -0.2) is 0 Å². The summed E-state index contributed by atoms with van der Waals surface area (Å²) in [5.74, 6) is 0.696. The van der Waals surface area contributed by atoms with Crippen LogP contribution < -0.4 is 0 Å². The molecule has 0 aliphatic carbocycles. The molecule has 1 aromatic heterocycles. The van der Waals surface area contributed by atoms with Gasteiger partial charge in [-0.1, -0.05) is 42.8 Å². The van der Waals surface area contributed by atoms with E-state index in [0.717, 1.165) is 24.2 Å². The van der Waals surface area contributed by atoms with Crippen LogP contribution in [0.2, 0.25) is 0 Å². The first-order valence-electron chi connectivity index (χ1n) is 6.12. The summed E-state index contributed by atoms with van der Waals surface area (Å²) in [5, 5.41) is 8.38. The molecule has 2 rings (SSSR count). The quantitative estimate of drug-likeness (QED) is 0.805. The zero-order chi connectivity index (χ0) is 12.3. The normalized spacial score (nSPS) is 11.1. The van der Waals surface area contributed by atoms with E-state index < -0.39 is 0 Å². The Kier molecular flexibility index (Phi) is 3.57. The minimum atomic E-state index is 0.696. The van der Waals surface area contributed by atoms with Gasteiger partial charge in [-0.3, -0.25) is 4.68 Å². The molecule has 0 amide bonds. The smallest absolute Gasteiger partial charge is 0.113 e. The molecule has 1 aromatic carbocycles. The van der Waals surface area contributed by atoms with Gasteiger partial charge in [-0.2, -0.15) is 0 Å². The van der Waals surface area contributed by atoms with Crippen LogP contribution in [0.5, 0.6) is 0 Å². The van der Waals surface area contributed by atoms with Crippen molar-refractivity contribution in [1.29, 1.82) is 0 Å². The van der Waals surface area contributed by atoms with Crippen LogP contribution in [0.3, 0.4) is 0 Å². The van der Waals surface area contributed by atoms with E-state index in [1.807, 2.05) is 10.9 Å². The van der Waals surface area contributed by atoms with Crippen LogP contribution in [0.4, 0.5) is 0 Å². The van der Waals surface area contributed by atoms with Crippen LogP contribution in [-0.2, 0) is 6.54 Å².